The smallest absolute Gasteiger partial charge is 0.210 e. The maximum atomic E-state index is 13.6. The SMILES string of the molecule is Nc1c(CC2CCOCC2)cccc1S(=O)(=O)c1cccc(CC2CCOCC2)c1N. The molecular formula is C24H32N2O4S. The van der Waals surface area contributed by atoms with Gasteiger partial charge in [-0.25, -0.2) is 8.42 Å². The lowest BCUT2D eigenvalue weighted by Crippen LogP contribution is -2.19. The highest BCUT2D eigenvalue weighted by molar-refractivity contribution is 7.91. The normalized spacial score (nSPS) is 18.8. The van der Waals surface area contributed by atoms with Gasteiger partial charge in [0, 0.05) is 26.4 Å². The first kappa shape index (κ1) is 22.1. The molecule has 0 radical (unpaired) electrons. The van der Waals surface area contributed by atoms with Crippen molar-refractivity contribution in [1.82, 2.24) is 0 Å². The minimum atomic E-state index is -3.83. The van der Waals surface area contributed by atoms with Gasteiger partial charge >= 0.3 is 0 Å². The van der Waals surface area contributed by atoms with Crippen LogP contribution in [0.25, 0.3) is 0 Å². The Morgan fingerprint density at radius 2 is 1.10 bits per heavy atom. The van der Waals surface area contributed by atoms with Gasteiger partial charge in [0.25, 0.3) is 0 Å². The standard InChI is InChI=1S/C24H32N2O4S/c25-23-19(15-17-7-11-29-12-8-17)3-1-5-21(23)31(27,28)22-6-2-4-20(24(22)26)16-18-9-13-30-14-10-18/h1-6,17-18H,7-16,25-26H2. The Labute approximate surface area is 184 Å². The lowest BCUT2D eigenvalue weighted by Gasteiger charge is -2.24. The number of sulfone groups is 1. The second kappa shape index (κ2) is 9.59. The van der Waals surface area contributed by atoms with Gasteiger partial charge in [0.1, 0.15) is 0 Å². The zero-order valence-corrected chi connectivity index (χ0v) is 18.7. The van der Waals surface area contributed by atoms with Crippen LogP contribution in [-0.2, 0) is 32.2 Å². The Kier molecular flexibility index (Phi) is 6.84. The van der Waals surface area contributed by atoms with Crippen molar-refractivity contribution in [3.63, 3.8) is 0 Å². The molecule has 0 aromatic heterocycles. The topological polar surface area (TPSA) is 105 Å². The number of para-hydroxylation sites is 2. The van der Waals surface area contributed by atoms with Crippen LogP contribution >= 0.6 is 0 Å². The fraction of sp³-hybridized carbons (Fsp3) is 0.500. The molecule has 4 rings (SSSR count). The van der Waals surface area contributed by atoms with Crippen LogP contribution in [0.2, 0.25) is 0 Å². The molecule has 2 aromatic carbocycles. The van der Waals surface area contributed by atoms with E-state index in [1.165, 1.54) is 0 Å². The Bertz CT molecular complexity index is 935. The summed E-state index contributed by atoms with van der Waals surface area (Å²) in [5, 5.41) is 0. The van der Waals surface area contributed by atoms with Crippen molar-refractivity contribution in [2.45, 2.75) is 48.3 Å². The van der Waals surface area contributed by atoms with E-state index >= 15 is 0 Å². The van der Waals surface area contributed by atoms with Crippen molar-refractivity contribution in [3.8, 4) is 0 Å². The molecule has 4 N–H and O–H groups in total. The minimum absolute atomic E-state index is 0.145. The Morgan fingerprint density at radius 3 is 1.48 bits per heavy atom. The largest absolute Gasteiger partial charge is 0.397 e. The predicted molar refractivity (Wildman–Crippen MR) is 122 cm³/mol. The fourth-order valence-corrected chi connectivity index (χ4v) is 6.24. The monoisotopic (exact) mass is 444 g/mol. The molecule has 31 heavy (non-hydrogen) atoms. The first-order valence-corrected chi connectivity index (χ1v) is 12.6. The van der Waals surface area contributed by atoms with E-state index in [1.54, 1.807) is 24.3 Å². The Balaban J connectivity index is 1.62. The van der Waals surface area contributed by atoms with Gasteiger partial charge in [-0.05, 0) is 73.6 Å². The van der Waals surface area contributed by atoms with Crippen LogP contribution in [0.15, 0.2) is 46.2 Å². The number of rotatable bonds is 6. The molecule has 0 aliphatic carbocycles. The number of hydrogen-bond donors (Lipinski definition) is 2. The van der Waals surface area contributed by atoms with E-state index in [0.717, 1.165) is 76.1 Å². The molecule has 2 fully saturated rings. The second-order valence-corrected chi connectivity index (χ2v) is 10.6. The lowest BCUT2D eigenvalue weighted by molar-refractivity contribution is 0.0664. The van der Waals surface area contributed by atoms with E-state index in [-0.39, 0.29) is 9.79 Å². The molecule has 6 nitrogen and oxygen atoms in total. The first-order valence-electron chi connectivity index (χ1n) is 11.1. The van der Waals surface area contributed by atoms with Crippen LogP contribution in [0.4, 0.5) is 11.4 Å². The third kappa shape index (κ3) is 4.89. The van der Waals surface area contributed by atoms with E-state index in [1.807, 2.05) is 12.1 Å². The average molecular weight is 445 g/mol. The molecular weight excluding hydrogens is 412 g/mol. The highest BCUT2D eigenvalue weighted by Crippen LogP contribution is 2.35. The summed E-state index contributed by atoms with van der Waals surface area (Å²) in [4.78, 5) is 0.291. The third-order valence-corrected chi connectivity index (χ3v) is 8.46. The van der Waals surface area contributed by atoms with Gasteiger partial charge < -0.3 is 20.9 Å². The van der Waals surface area contributed by atoms with Crippen LogP contribution in [0.3, 0.4) is 0 Å². The quantitative estimate of drug-likeness (QED) is 0.660. The Morgan fingerprint density at radius 1 is 0.710 bits per heavy atom. The fourth-order valence-electron chi connectivity index (χ4n) is 4.65. The molecule has 0 saturated carbocycles. The van der Waals surface area contributed by atoms with Crippen molar-refractivity contribution in [2.75, 3.05) is 37.9 Å². The molecule has 2 aliphatic rings. The van der Waals surface area contributed by atoms with Crippen LogP contribution in [0.1, 0.15) is 36.8 Å². The molecule has 0 spiro atoms. The molecule has 0 bridgehead atoms. The number of nitrogen functional groups attached to an aromatic ring is 2. The van der Waals surface area contributed by atoms with Crippen molar-refractivity contribution >= 4 is 21.2 Å². The van der Waals surface area contributed by atoms with Crippen molar-refractivity contribution in [2.24, 2.45) is 11.8 Å². The van der Waals surface area contributed by atoms with E-state index < -0.39 is 9.84 Å². The summed E-state index contributed by atoms with van der Waals surface area (Å²) in [5.74, 6) is 0.920. The average Bonchev–Trinajstić information content (AvgIpc) is 2.78. The van der Waals surface area contributed by atoms with Gasteiger partial charge in [0.2, 0.25) is 9.84 Å². The van der Waals surface area contributed by atoms with Crippen LogP contribution < -0.4 is 11.5 Å². The molecule has 2 aromatic rings. The van der Waals surface area contributed by atoms with Crippen molar-refractivity contribution in [3.05, 3.63) is 47.5 Å². The maximum Gasteiger partial charge on any atom is 0.210 e. The zero-order valence-electron chi connectivity index (χ0n) is 17.9. The maximum absolute atomic E-state index is 13.6. The van der Waals surface area contributed by atoms with E-state index in [4.69, 9.17) is 20.9 Å². The summed E-state index contributed by atoms with van der Waals surface area (Å²) in [7, 11) is -3.83. The summed E-state index contributed by atoms with van der Waals surface area (Å²) in [5.41, 5.74) is 15.2. The minimum Gasteiger partial charge on any atom is -0.397 e. The predicted octanol–water partition coefficient (Wildman–Crippen LogP) is 3.62. The molecule has 2 heterocycles. The summed E-state index contributed by atoms with van der Waals surface area (Å²) < 4.78 is 38.0. The van der Waals surface area contributed by atoms with Gasteiger partial charge in [-0.15, -0.1) is 0 Å². The van der Waals surface area contributed by atoms with Crippen LogP contribution in [0, 0.1) is 11.8 Å². The van der Waals surface area contributed by atoms with Gasteiger partial charge in [-0.3, -0.25) is 0 Å². The summed E-state index contributed by atoms with van der Waals surface area (Å²) >= 11 is 0. The summed E-state index contributed by atoms with van der Waals surface area (Å²) in [6.07, 6.45) is 5.40. The number of anilines is 2. The van der Waals surface area contributed by atoms with Crippen molar-refractivity contribution < 1.29 is 17.9 Å². The first-order chi connectivity index (χ1) is 15.0. The van der Waals surface area contributed by atoms with Crippen LogP contribution in [-0.4, -0.2) is 34.8 Å². The van der Waals surface area contributed by atoms with Gasteiger partial charge in [0.15, 0.2) is 0 Å². The Hall–Kier alpha value is -2.09. The molecule has 0 unspecified atom stereocenters. The number of nitrogens with two attached hydrogens (primary N) is 2. The third-order valence-electron chi connectivity index (χ3n) is 6.59. The van der Waals surface area contributed by atoms with E-state index in [2.05, 4.69) is 0 Å². The lowest BCUT2D eigenvalue weighted by atomic mass is 9.92. The summed E-state index contributed by atoms with van der Waals surface area (Å²) in [6, 6.07) is 10.6. The highest BCUT2D eigenvalue weighted by Gasteiger charge is 2.27. The molecule has 7 heteroatoms. The van der Waals surface area contributed by atoms with Crippen molar-refractivity contribution in [1.29, 1.82) is 0 Å². The highest BCUT2D eigenvalue weighted by atomic mass is 32.2. The second-order valence-electron chi connectivity index (χ2n) is 8.68. The van der Waals surface area contributed by atoms with Gasteiger partial charge in [0.05, 0.1) is 21.2 Å². The van der Waals surface area contributed by atoms with E-state index in [9.17, 15) is 8.42 Å². The molecule has 0 amide bonds. The number of hydrogen-bond acceptors (Lipinski definition) is 6. The number of ether oxygens (including phenoxy) is 2. The van der Waals surface area contributed by atoms with Gasteiger partial charge in [-0.1, -0.05) is 24.3 Å². The summed E-state index contributed by atoms with van der Waals surface area (Å²) in [6.45, 7) is 3.00. The molecule has 0 atom stereocenters. The van der Waals surface area contributed by atoms with Gasteiger partial charge in [-0.2, -0.15) is 0 Å². The zero-order chi connectivity index (χ0) is 21.8. The van der Waals surface area contributed by atoms with Crippen LogP contribution in [0.5, 0.6) is 0 Å². The van der Waals surface area contributed by atoms with E-state index in [0.29, 0.717) is 23.2 Å². The molecule has 2 saturated heterocycles. The molecule has 2 aliphatic heterocycles. The molecule has 168 valence electrons. The number of benzene rings is 2.